The summed E-state index contributed by atoms with van der Waals surface area (Å²) in [5, 5.41) is 0. The van der Waals surface area contributed by atoms with E-state index in [4.69, 9.17) is 0 Å². The fourth-order valence-corrected chi connectivity index (χ4v) is 4.58. The second kappa shape index (κ2) is 6.52. The Morgan fingerprint density at radius 3 is 2.58 bits per heavy atom. The van der Waals surface area contributed by atoms with E-state index >= 15 is 0 Å². The molecule has 7 heteroatoms. The van der Waals surface area contributed by atoms with Gasteiger partial charge in [0.1, 0.15) is 5.82 Å². The van der Waals surface area contributed by atoms with E-state index in [0.717, 1.165) is 18.5 Å². The van der Waals surface area contributed by atoms with E-state index in [1.165, 1.54) is 17.4 Å². The monoisotopic (exact) mass is 358 g/mol. The van der Waals surface area contributed by atoms with Gasteiger partial charge in [-0.05, 0) is 26.2 Å². The minimum atomic E-state index is -0.160. The molecule has 1 aliphatic carbocycles. The third kappa shape index (κ3) is 2.83. The quantitative estimate of drug-likeness (QED) is 0.794. The van der Waals surface area contributed by atoms with Crippen LogP contribution in [0.1, 0.15) is 55.6 Å². The molecule has 1 aromatic rings. The van der Waals surface area contributed by atoms with Crippen LogP contribution in [0.15, 0.2) is 4.79 Å². The van der Waals surface area contributed by atoms with Gasteiger partial charge < -0.3 is 9.80 Å². The van der Waals surface area contributed by atoms with Gasteiger partial charge >= 0.3 is 0 Å². The van der Waals surface area contributed by atoms with Crippen LogP contribution in [0, 0.1) is 12.8 Å². The van der Waals surface area contributed by atoms with E-state index in [9.17, 15) is 14.4 Å². The highest BCUT2D eigenvalue weighted by Crippen LogP contribution is 2.30. The molecule has 0 aromatic carbocycles. The molecule has 3 aliphatic rings. The number of hydrogen-bond acceptors (Lipinski definition) is 4. The number of aromatic nitrogens is 2. The van der Waals surface area contributed by atoms with Crippen LogP contribution in [0.4, 0.5) is 0 Å². The predicted molar refractivity (Wildman–Crippen MR) is 95.2 cm³/mol. The molecule has 0 unspecified atom stereocenters. The normalized spacial score (nSPS) is 23.6. The third-order valence-corrected chi connectivity index (χ3v) is 6.25. The van der Waals surface area contributed by atoms with Crippen molar-refractivity contribution < 1.29 is 9.59 Å². The van der Waals surface area contributed by atoms with E-state index in [2.05, 4.69) is 4.98 Å². The fourth-order valence-electron chi connectivity index (χ4n) is 4.58. The lowest BCUT2D eigenvalue weighted by Gasteiger charge is -2.37. The van der Waals surface area contributed by atoms with Crippen molar-refractivity contribution in [2.45, 2.75) is 64.6 Å². The van der Waals surface area contributed by atoms with Crippen LogP contribution in [0.3, 0.4) is 0 Å². The van der Waals surface area contributed by atoms with Crippen LogP contribution in [0.5, 0.6) is 0 Å². The van der Waals surface area contributed by atoms with Crippen LogP contribution in [0.25, 0.3) is 0 Å². The van der Waals surface area contributed by atoms with E-state index < -0.39 is 0 Å². The highest BCUT2D eigenvalue weighted by atomic mass is 16.2. The summed E-state index contributed by atoms with van der Waals surface area (Å²) in [5.41, 5.74) is 1.29. The molecule has 2 fully saturated rings. The molecule has 140 valence electrons. The van der Waals surface area contributed by atoms with Gasteiger partial charge in [0.05, 0.1) is 30.3 Å². The predicted octanol–water partition coefficient (Wildman–Crippen LogP) is 1.11. The molecule has 7 nitrogen and oxygen atoms in total. The van der Waals surface area contributed by atoms with E-state index in [0.29, 0.717) is 49.9 Å². The number of rotatable bonds is 2. The Labute approximate surface area is 153 Å². The average Bonchev–Trinajstić information content (AvgIpc) is 3.29. The molecule has 0 spiro atoms. The molecule has 2 amide bonds. The molecule has 0 bridgehead atoms. The second-order valence-corrected chi connectivity index (χ2v) is 7.86. The van der Waals surface area contributed by atoms with Crippen molar-refractivity contribution in [2.24, 2.45) is 13.0 Å². The number of fused-ring (bicyclic) bond motifs is 1. The molecule has 0 radical (unpaired) electrons. The van der Waals surface area contributed by atoms with Gasteiger partial charge in [-0.1, -0.05) is 12.8 Å². The maximum Gasteiger partial charge on any atom is 0.258 e. The topological polar surface area (TPSA) is 75.5 Å². The number of carbonyl (C=O) groups is 2. The number of likely N-dealkylation sites (tertiary alicyclic amines) is 1. The zero-order valence-corrected chi connectivity index (χ0v) is 15.5. The zero-order chi connectivity index (χ0) is 18.4. The molecular formula is C19H26N4O3. The minimum absolute atomic E-state index is 0.0539. The summed E-state index contributed by atoms with van der Waals surface area (Å²) in [6.07, 6.45) is 5.51. The molecule has 4 rings (SSSR count). The smallest absolute Gasteiger partial charge is 0.258 e. The van der Waals surface area contributed by atoms with Crippen molar-refractivity contribution in [1.29, 1.82) is 0 Å². The molecule has 0 N–H and O–H groups in total. The molecule has 1 aromatic heterocycles. The Hall–Kier alpha value is -2.18. The van der Waals surface area contributed by atoms with Crippen LogP contribution < -0.4 is 5.56 Å². The summed E-state index contributed by atoms with van der Waals surface area (Å²) >= 11 is 0. The lowest BCUT2D eigenvalue weighted by Crippen LogP contribution is -2.49. The van der Waals surface area contributed by atoms with Crippen molar-refractivity contribution in [3.63, 3.8) is 0 Å². The number of hydrogen-bond donors (Lipinski definition) is 0. The standard InChI is InChI=1S/C19H26N4O3/c1-12-20-16-11-22(10-15(16)19(26)21(12)2)18(25)13-7-8-17(24)23(9-13)14-5-3-4-6-14/h13-14H,3-11H2,1-2H3/t13-/m1/s1. The van der Waals surface area contributed by atoms with Gasteiger partial charge in [0, 0.05) is 26.1 Å². The summed E-state index contributed by atoms with van der Waals surface area (Å²) in [5.74, 6) is 0.751. The van der Waals surface area contributed by atoms with Gasteiger partial charge in [-0.3, -0.25) is 19.0 Å². The summed E-state index contributed by atoms with van der Waals surface area (Å²) in [6.45, 7) is 3.07. The Morgan fingerprint density at radius 1 is 1.12 bits per heavy atom. The third-order valence-electron chi connectivity index (χ3n) is 6.25. The van der Waals surface area contributed by atoms with Crippen molar-refractivity contribution in [3.8, 4) is 0 Å². The maximum absolute atomic E-state index is 13.1. The summed E-state index contributed by atoms with van der Waals surface area (Å²) in [6, 6.07) is 0.311. The molecule has 1 saturated heterocycles. The van der Waals surface area contributed by atoms with Gasteiger partial charge in [0.15, 0.2) is 0 Å². The first kappa shape index (κ1) is 17.2. The van der Waals surface area contributed by atoms with Crippen LogP contribution in [-0.4, -0.2) is 43.8 Å². The second-order valence-electron chi connectivity index (χ2n) is 7.86. The fraction of sp³-hybridized carbons (Fsp3) is 0.684. The maximum atomic E-state index is 13.1. The Kier molecular flexibility index (Phi) is 4.32. The molecular weight excluding hydrogens is 332 g/mol. The van der Waals surface area contributed by atoms with Gasteiger partial charge in [-0.15, -0.1) is 0 Å². The van der Waals surface area contributed by atoms with Crippen molar-refractivity contribution in [2.75, 3.05) is 6.54 Å². The van der Waals surface area contributed by atoms with Crippen molar-refractivity contribution >= 4 is 11.8 Å². The highest BCUT2D eigenvalue weighted by molar-refractivity contribution is 5.84. The van der Waals surface area contributed by atoms with Gasteiger partial charge in [-0.2, -0.15) is 0 Å². The molecule has 3 heterocycles. The number of nitrogens with zero attached hydrogens (tertiary/aromatic N) is 4. The number of aryl methyl sites for hydroxylation is 1. The van der Waals surface area contributed by atoms with E-state index in [1.807, 2.05) is 4.90 Å². The average molecular weight is 358 g/mol. The minimum Gasteiger partial charge on any atom is -0.339 e. The van der Waals surface area contributed by atoms with Crippen LogP contribution in [-0.2, 0) is 29.7 Å². The highest BCUT2D eigenvalue weighted by Gasteiger charge is 2.38. The molecule has 2 aliphatic heterocycles. The van der Waals surface area contributed by atoms with Gasteiger partial charge in [-0.25, -0.2) is 4.98 Å². The first-order valence-corrected chi connectivity index (χ1v) is 9.59. The van der Waals surface area contributed by atoms with Crippen LogP contribution >= 0.6 is 0 Å². The molecule has 1 atom stereocenters. The lowest BCUT2D eigenvalue weighted by molar-refractivity contribution is -0.145. The van der Waals surface area contributed by atoms with Gasteiger partial charge in [0.25, 0.3) is 5.56 Å². The van der Waals surface area contributed by atoms with Gasteiger partial charge in [0.2, 0.25) is 11.8 Å². The molecule has 26 heavy (non-hydrogen) atoms. The van der Waals surface area contributed by atoms with E-state index in [-0.39, 0.29) is 23.3 Å². The summed E-state index contributed by atoms with van der Waals surface area (Å²) in [7, 11) is 1.71. The summed E-state index contributed by atoms with van der Waals surface area (Å²) in [4.78, 5) is 46.0. The summed E-state index contributed by atoms with van der Waals surface area (Å²) < 4.78 is 1.54. The number of carbonyl (C=O) groups excluding carboxylic acids is 2. The lowest BCUT2D eigenvalue weighted by atomic mass is 9.94. The SMILES string of the molecule is Cc1nc2c(c(=O)n1C)CN(C(=O)[C@@H]1CCC(=O)N(C3CCCC3)C1)C2. The Bertz CT molecular complexity index is 810. The number of piperidine rings is 1. The van der Waals surface area contributed by atoms with E-state index in [1.54, 1.807) is 18.9 Å². The Balaban J connectivity index is 1.49. The molecule has 1 saturated carbocycles. The number of amides is 2. The van der Waals surface area contributed by atoms with Crippen molar-refractivity contribution in [3.05, 3.63) is 27.4 Å². The van der Waals surface area contributed by atoms with Crippen LogP contribution in [0.2, 0.25) is 0 Å². The first-order chi connectivity index (χ1) is 12.5. The first-order valence-electron chi connectivity index (χ1n) is 9.59. The zero-order valence-electron chi connectivity index (χ0n) is 15.5. The Morgan fingerprint density at radius 2 is 1.85 bits per heavy atom. The largest absolute Gasteiger partial charge is 0.339 e. The van der Waals surface area contributed by atoms with Crippen molar-refractivity contribution in [1.82, 2.24) is 19.4 Å².